The second kappa shape index (κ2) is 9.87. The van der Waals surface area contributed by atoms with E-state index in [-0.39, 0.29) is 10.8 Å². The molecule has 0 atom stereocenters. The summed E-state index contributed by atoms with van der Waals surface area (Å²) in [7, 11) is -2.23. The van der Waals surface area contributed by atoms with Crippen LogP contribution in [0.25, 0.3) is 0 Å². The number of anilines is 1. The molecule has 0 saturated carbocycles. The van der Waals surface area contributed by atoms with Gasteiger partial charge in [0.1, 0.15) is 5.75 Å². The van der Waals surface area contributed by atoms with Crippen molar-refractivity contribution in [3.05, 3.63) is 88.5 Å². The van der Waals surface area contributed by atoms with Crippen LogP contribution in [-0.4, -0.2) is 28.0 Å². The van der Waals surface area contributed by atoms with Gasteiger partial charge in [-0.15, -0.1) is 0 Å². The SMILES string of the molecule is COc1ccc(CCNC(=O)c2ccc(C)c(S(=O)(=O)Nc3ccc(C)cc3C)c2)cc1. The van der Waals surface area contributed by atoms with E-state index in [4.69, 9.17) is 4.74 Å². The van der Waals surface area contributed by atoms with Crippen LogP contribution < -0.4 is 14.8 Å². The molecule has 0 heterocycles. The minimum Gasteiger partial charge on any atom is -0.497 e. The molecular weight excluding hydrogens is 424 g/mol. The van der Waals surface area contributed by atoms with Gasteiger partial charge in [0, 0.05) is 12.1 Å². The van der Waals surface area contributed by atoms with Crippen LogP contribution in [0.1, 0.15) is 32.6 Å². The van der Waals surface area contributed by atoms with Crippen molar-refractivity contribution in [2.75, 3.05) is 18.4 Å². The maximum Gasteiger partial charge on any atom is 0.262 e. The lowest BCUT2D eigenvalue weighted by atomic mass is 10.1. The van der Waals surface area contributed by atoms with Gasteiger partial charge in [0.25, 0.3) is 15.9 Å². The Morgan fingerprint density at radius 2 is 1.62 bits per heavy atom. The number of aryl methyl sites for hydroxylation is 3. The molecule has 3 rings (SSSR count). The van der Waals surface area contributed by atoms with Gasteiger partial charge in [-0.2, -0.15) is 0 Å². The van der Waals surface area contributed by atoms with Crippen LogP contribution in [0.5, 0.6) is 5.75 Å². The quantitative estimate of drug-likeness (QED) is 0.531. The highest BCUT2D eigenvalue weighted by atomic mass is 32.2. The Morgan fingerprint density at radius 1 is 0.906 bits per heavy atom. The number of carbonyl (C=O) groups is 1. The Morgan fingerprint density at radius 3 is 2.28 bits per heavy atom. The third kappa shape index (κ3) is 5.68. The number of nitrogens with one attached hydrogen (secondary N) is 2. The van der Waals surface area contributed by atoms with Crippen LogP contribution >= 0.6 is 0 Å². The summed E-state index contributed by atoms with van der Waals surface area (Å²) in [5.74, 6) is 0.460. The van der Waals surface area contributed by atoms with Gasteiger partial charge in [-0.25, -0.2) is 8.42 Å². The fourth-order valence-electron chi connectivity index (χ4n) is 3.37. The number of carbonyl (C=O) groups excluding carboxylic acids is 1. The molecule has 168 valence electrons. The lowest BCUT2D eigenvalue weighted by Gasteiger charge is -2.14. The van der Waals surface area contributed by atoms with E-state index in [1.807, 2.05) is 50.2 Å². The molecule has 0 aliphatic carbocycles. The topological polar surface area (TPSA) is 84.5 Å². The predicted octanol–water partition coefficient (Wildman–Crippen LogP) is 4.39. The van der Waals surface area contributed by atoms with E-state index >= 15 is 0 Å². The first-order valence-electron chi connectivity index (χ1n) is 10.3. The molecule has 0 fully saturated rings. The zero-order chi connectivity index (χ0) is 23.3. The summed E-state index contributed by atoms with van der Waals surface area (Å²) in [6.45, 7) is 5.94. The van der Waals surface area contributed by atoms with Crippen molar-refractivity contribution in [1.29, 1.82) is 0 Å². The fourth-order valence-corrected chi connectivity index (χ4v) is 4.78. The van der Waals surface area contributed by atoms with Crippen LogP contribution in [0.2, 0.25) is 0 Å². The van der Waals surface area contributed by atoms with E-state index in [1.54, 1.807) is 32.2 Å². The highest BCUT2D eigenvalue weighted by molar-refractivity contribution is 7.92. The Labute approximate surface area is 189 Å². The number of rotatable bonds is 8. The lowest BCUT2D eigenvalue weighted by Crippen LogP contribution is -2.26. The molecule has 0 saturated heterocycles. The summed E-state index contributed by atoms with van der Waals surface area (Å²) in [6, 6.07) is 17.8. The minimum atomic E-state index is -3.85. The summed E-state index contributed by atoms with van der Waals surface area (Å²) < 4.78 is 33.8. The van der Waals surface area contributed by atoms with Crippen LogP contribution in [0, 0.1) is 20.8 Å². The molecule has 3 aromatic rings. The largest absolute Gasteiger partial charge is 0.497 e. The lowest BCUT2D eigenvalue weighted by molar-refractivity contribution is 0.0954. The first kappa shape index (κ1) is 23.3. The van der Waals surface area contributed by atoms with E-state index in [9.17, 15) is 13.2 Å². The van der Waals surface area contributed by atoms with Crippen molar-refractivity contribution in [2.45, 2.75) is 32.1 Å². The molecule has 0 unspecified atom stereocenters. The molecule has 3 aromatic carbocycles. The molecule has 0 radical (unpaired) electrons. The van der Waals surface area contributed by atoms with E-state index in [0.29, 0.717) is 29.8 Å². The van der Waals surface area contributed by atoms with E-state index in [2.05, 4.69) is 10.0 Å². The second-order valence-electron chi connectivity index (χ2n) is 7.76. The van der Waals surface area contributed by atoms with Crippen LogP contribution in [0.3, 0.4) is 0 Å². The Hall–Kier alpha value is -3.32. The Balaban J connectivity index is 1.71. The van der Waals surface area contributed by atoms with Crippen LogP contribution in [0.4, 0.5) is 5.69 Å². The number of hydrogen-bond donors (Lipinski definition) is 2. The number of sulfonamides is 1. The molecule has 6 nitrogen and oxygen atoms in total. The van der Waals surface area contributed by atoms with Gasteiger partial charge < -0.3 is 10.1 Å². The minimum absolute atomic E-state index is 0.0836. The average Bonchev–Trinajstić information content (AvgIpc) is 2.76. The first-order valence-corrected chi connectivity index (χ1v) is 11.8. The van der Waals surface area contributed by atoms with E-state index in [0.717, 1.165) is 22.4 Å². The normalized spacial score (nSPS) is 11.1. The van der Waals surface area contributed by atoms with Crippen molar-refractivity contribution in [3.63, 3.8) is 0 Å². The maximum atomic E-state index is 13.0. The molecule has 1 amide bonds. The standard InChI is InChI=1S/C25H28N2O4S/c1-17-5-12-23(19(3)15-17)27-32(29,30)24-16-21(9-6-18(24)2)25(28)26-14-13-20-7-10-22(31-4)11-8-20/h5-12,15-16,27H,13-14H2,1-4H3,(H,26,28). The number of amides is 1. The zero-order valence-corrected chi connectivity index (χ0v) is 19.5. The first-order chi connectivity index (χ1) is 15.2. The van der Waals surface area contributed by atoms with Crippen molar-refractivity contribution in [1.82, 2.24) is 5.32 Å². The fraction of sp³-hybridized carbons (Fsp3) is 0.240. The van der Waals surface area contributed by atoms with Crippen molar-refractivity contribution < 1.29 is 17.9 Å². The number of benzene rings is 3. The van der Waals surface area contributed by atoms with Crippen molar-refractivity contribution >= 4 is 21.6 Å². The molecular formula is C25H28N2O4S. The monoisotopic (exact) mass is 452 g/mol. The molecule has 7 heteroatoms. The molecule has 0 aliphatic rings. The van der Waals surface area contributed by atoms with Gasteiger partial charge in [-0.3, -0.25) is 9.52 Å². The zero-order valence-electron chi connectivity index (χ0n) is 18.7. The third-order valence-electron chi connectivity index (χ3n) is 5.22. The molecule has 0 bridgehead atoms. The van der Waals surface area contributed by atoms with Gasteiger partial charge in [0.2, 0.25) is 0 Å². The molecule has 2 N–H and O–H groups in total. The summed E-state index contributed by atoms with van der Waals surface area (Å²) in [6.07, 6.45) is 0.654. The van der Waals surface area contributed by atoms with Gasteiger partial charge in [0.05, 0.1) is 17.7 Å². The summed E-state index contributed by atoms with van der Waals surface area (Å²) >= 11 is 0. The van der Waals surface area contributed by atoms with E-state index < -0.39 is 10.0 Å². The number of methoxy groups -OCH3 is 1. The van der Waals surface area contributed by atoms with Gasteiger partial charge in [-0.05, 0) is 74.2 Å². The van der Waals surface area contributed by atoms with Gasteiger partial charge in [0.15, 0.2) is 0 Å². The van der Waals surface area contributed by atoms with Crippen LogP contribution in [0.15, 0.2) is 65.6 Å². The number of hydrogen-bond acceptors (Lipinski definition) is 4. The summed E-state index contributed by atoms with van der Waals surface area (Å²) in [5.41, 5.74) is 4.33. The Bertz CT molecular complexity index is 1220. The highest BCUT2D eigenvalue weighted by Gasteiger charge is 2.20. The highest BCUT2D eigenvalue weighted by Crippen LogP contribution is 2.23. The molecule has 32 heavy (non-hydrogen) atoms. The van der Waals surface area contributed by atoms with E-state index in [1.165, 1.54) is 6.07 Å². The van der Waals surface area contributed by atoms with Crippen molar-refractivity contribution in [3.8, 4) is 5.75 Å². The molecule has 0 aromatic heterocycles. The van der Waals surface area contributed by atoms with Gasteiger partial charge >= 0.3 is 0 Å². The predicted molar refractivity (Wildman–Crippen MR) is 127 cm³/mol. The van der Waals surface area contributed by atoms with Crippen LogP contribution in [-0.2, 0) is 16.4 Å². The summed E-state index contributed by atoms with van der Waals surface area (Å²) in [4.78, 5) is 12.7. The smallest absolute Gasteiger partial charge is 0.262 e. The van der Waals surface area contributed by atoms with Gasteiger partial charge in [-0.1, -0.05) is 35.9 Å². The third-order valence-corrected chi connectivity index (χ3v) is 6.73. The second-order valence-corrected chi connectivity index (χ2v) is 9.41. The molecule has 0 spiro atoms. The number of ether oxygens (including phenoxy) is 1. The molecule has 0 aliphatic heterocycles. The average molecular weight is 453 g/mol. The summed E-state index contributed by atoms with van der Waals surface area (Å²) in [5, 5.41) is 2.85. The van der Waals surface area contributed by atoms with Crippen molar-refractivity contribution in [2.24, 2.45) is 0 Å². The Kier molecular flexibility index (Phi) is 7.20. The maximum absolute atomic E-state index is 13.0.